The molecule has 34 heavy (non-hydrogen) atoms. The average Bonchev–Trinajstić information content (AvgIpc) is 3.47. The van der Waals surface area contributed by atoms with Crippen LogP contribution in [-0.4, -0.2) is 45.3 Å². The van der Waals surface area contributed by atoms with Crippen molar-refractivity contribution in [3.8, 4) is 23.1 Å². The van der Waals surface area contributed by atoms with Crippen LogP contribution in [0.5, 0.6) is 0 Å². The third-order valence-electron chi connectivity index (χ3n) is 6.08. The van der Waals surface area contributed by atoms with Gasteiger partial charge in [-0.05, 0) is 62.1 Å². The fourth-order valence-corrected chi connectivity index (χ4v) is 7.58. The number of hydrogen-bond acceptors (Lipinski definition) is 6. The van der Waals surface area contributed by atoms with Crippen LogP contribution in [0.2, 0.25) is 6.04 Å². The summed E-state index contributed by atoms with van der Waals surface area (Å²) in [4.78, 5) is 26.4. The van der Waals surface area contributed by atoms with Crippen LogP contribution in [0.1, 0.15) is 18.9 Å². The quantitative estimate of drug-likeness (QED) is 0.353. The Kier molecular flexibility index (Phi) is 5.73. The number of nitrogens with one attached hydrogen (secondary N) is 1. The lowest BCUT2D eigenvalue weighted by Gasteiger charge is -2.20. The molecule has 3 aromatic heterocycles. The number of carbonyl (C=O) groups excluding carboxylic acids is 1. The third-order valence-corrected chi connectivity index (χ3v) is 9.29. The summed E-state index contributed by atoms with van der Waals surface area (Å²) in [6.07, 6.45) is 6.30. The first-order chi connectivity index (χ1) is 16.6. The molecule has 1 aliphatic heterocycles. The minimum absolute atomic E-state index is 0.113. The fraction of sp³-hybridized carbons (Fsp3) is 0.200. The number of aromatic nitrogens is 4. The zero-order chi connectivity index (χ0) is 23.7. The Hall–Kier alpha value is -4.16. The summed E-state index contributed by atoms with van der Waals surface area (Å²) in [7, 11) is -1.86. The molecule has 1 saturated heterocycles. The van der Waals surface area contributed by atoms with Crippen LogP contribution in [0.15, 0.2) is 55.0 Å². The molecular formula is C25H25N7OSi. The average molecular weight is 468 g/mol. The summed E-state index contributed by atoms with van der Waals surface area (Å²) in [5, 5.41) is 3.36. The van der Waals surface area contributed by atoms with Gasteiger partial charge in [-0.1, -0.05) is 18.1 Å². The van der Waals surface area contributed by atoms with Crippen LogP contribution in [0.3, 0.4) is 0 Å². The molecule has 0 aliphatic carbocycles. The van der Waals surface area contributed by atoms with Crippen molar-refractivity contribution >= 4 is 43.2 Å². The molecule has 4 aromatic rings. The zero-order valence-corrected chi connectivity index (χ0v) is 20.3. The number of benzene rings is 1. The number of nitrogens with zero attached hydrogens (tertiary/aromatic N) is 5. The van der Waals surface area contributed by atoms with Crippen LogP contribution in [0, 0.1) is 18.8 Å². The third kappa shape index (κ3) is 3.88. The molecule has 1 fully saturated rings. The van der Waals surface area contributed by atoms with Crippen LogP contribution in [0.4, 0.5) is 17.3 Å². The minimum Gasteiger partial charge on any atom is -0.382 e. The zero-order valence-electron chi connectivity index (χ0n) is 19.1. The molecule has 170 valence electrons. The van der Waals surface area contributed by atoms with Crippen LogP contribution in [0.25, 0.3) is 16.8 Å². The molecule has 3 N–H and O–H groups in total. The SMILES string of the molecule is CC#CC(=O)N1CCC[Si@H]1c1nc(-c2ccc(Nc3ccccn3)c(C)c2)c2c(N)nccn12. The van der Waals surface area contributed by atoms with Gasteiger partial charge in [0.25, 0.3) is 5.91 Å². The van der Waals surface area contributed by atoms with Crippen LogP contribution < -0.4 is 16.5 Å². The molecular weight excluding hydrogens is 442 g/mol. The number of carbonyl (C=O) groups is 1. The smallest absolute Gasteiger partial charge is 0.290 e. The fourth-order valence-electron chi connectivity index (χ4n) is 4.51. The van der Waals surface area contributed by atoms with Gasteiger partial charge in [0.1, 0.15) is 22.6 Å². The summed E-state index contributed by atoms with van der Waals surface area (Å²) >= 11 is 0. The molecule has 1 amide bonds. The van der Waals surface area contributed by atoms with Gasteiger partial charge in [-0.15, -0.1) is 0 Å². The normalized spacial score (nSPS) is 15.2. The van der Waals surface area contributed by atoms with E-state index >= 15 is 0 Å². The summed E-state index contributed by atoms with van der Waals surface area (Å²) in [5.74, 6) is 6.53. The molecule has 0 saturated carbocycles. The van der Waals surface area contributed by atoms with Gasteiger partial charge in [0.2, 0.25) is 8.96 Å². The predicted molar refractivity (Wildman–Crippen MR) is 136 cm³/mol. The highest BCUT2D eigenvalue weighted by atomic mass is 28.3. The molecule has 0 bridgehead atoms. The topological polar surface area (TPSA) is 101 Å². The van der Waals surface area contributed by atoms with E-state index in [9.17, 15) is 4.79 Å². The number of hydrogen-bond donors (Lipinski definition) is 2. The summed E-state index contributed by atoms with van der Waals surface area (Å²) in [6.45, 7) is 4.46. The number of nitrogens with two attached hydrogens (primary N) is 1. The standard InChI is InChI=1S/C25H25N7OSi/c1-3-7-21(33)32-13-6-15-34(32)25-30-22(23-24(26)28-12-14-31(23)25)18-9-10-19(17(2)16-18)29-20-8-4-5-11-27-20/h4-5,8-12,14,16,34H,6,13,15H2,1-2H3,(H2,26,28)(H,27,29)/t34-/m0/s1. The Labute approximate surface area is 199 Å². The molecule has 0 radical (unpaired) electrons. The monoisotopic (exact) mass is 467 g/mol. The number of rotatable bonds is 4. The van der Waals surface area contributed by atoms with Crippen molar-refractivity contribution < 1.29 is 4.79 Å². The van der Waals surface area contributed by atoms with Crippen molar-refractivity contribution in [2.75, 3.05) is 17.6 Å². The van der Waals surface area contributed by atoms with Crippen LogP contribution >= 0.6 is 0 Å². The second-order valence-electron chi connectivity index (χ2n) is 8.25. The Morgan fingerprint density at radius 2 is 2.09 bits per heavy atom. The van der Waals surface area contributed by atoms with Crippen molar-refractivity contribution in [3.05, 3.63) is 60.6 Å². The van der Waals surface area contributed by atoms with E-state index in [1.807, 2.05) is 52.4 Å². The molecule has 1 atom stereocenters. The lowest BCUT2D eigenvalue weighted by molar-refractivity contribution is -0.120. The van der Waals surface area contributed by atoms with E-state index in [0.29, 0.717) is 5.82 Å². The second kappa shape index (κ2) is 9.00. The maximum absolute atomic E-state index is 12.6. The molecule has 5 rings (SSSR count). The number of aryl methyl sites for hydroxylation is 1. The number of imidazole rings is 1. The second-order valence-corrected chi connectivity index (χ2v) is 11.0. The molecule has 8 nitrogen and oxygen atoms in total. The Morgan fingerprint density at radius 1 is 1.21 bits per heavy atom. The summed E-state index contributed by atoms with van der Waals surface area (Å²) in [6, 6.07) is 12.9. The van der Waals surface area contributed by atoms with Gasteiger partial charge in [-0.25, -0.2) is 15.0 Å². The summed E-state index contributed by atoms with van der Waals surface area (Å²) < 4.78 is 3.96. The van der Waals surface area contributed by atoms with Gasteiger partial charge in [-0.2, -0.15) is 0 Å². The highest BCUT2D eigenvalue weighted by molar-refractivity contribution is 6.72. The number of amides is 1. The van der Waals surface area contributed by atoms with E-state index in [2.05, 4.69) is 33.2 Å². The van der Waals surface area contributed by atoms with E-state index in [4.69, 9.17) is 10.7 Å². The minimum atomic E-state index is -1.86. The Balaban J connectivity index is 1.58. The van der Waals surface area contributed by atoms with Crippen LogP contribution in [-0.2, 0) is 4.79 Å². The Morgan fingerprint density at radius 3 is 2.85 bits per heavy atom. The van der Waals surface area contributed by atoms with Crippen molar-refractivity contribution in [2.24, 2.45) is 0 Å². The van der Waals surface area contributed by atoms with E-state index in [1.54, 1.807) is 19.3 Å². The maximum atomic E-state index is 12.6. The highest BCUT2D eigenvalue weighted by Gasteiger charge is 2.35. The molecule has 9 heteroatoms. The van der Waals surface area contributed by atoms with Gasteiger partial charge in [-0.3, -0.25) is 4.79 Å². The predicted octanol–water partition coefficient (Wildman–Crippen LogP) is 2.61. The number of nitrogen functional groups attached to an aromatic ring is 1. The Bertz CT molecular complexity index is 1440. The lowest BCUT2D eigenvalue weighted by atomic mass is 10.1. The summed E-state index contributed by atoms with van der Waals surface area (Å²) in [5.41, 5.74) is 11.8. The first-order valence-corrected chi connectivity index (χ1v) is 13.1. The van der Waals surface area contributed by atoms with E-state index in [-0.39, 0.29) is 5.91 Å². The number of fused-ring (bicyclic) bond motifs is 1. The molecule has 0 spiro atoms. The lowest BCUT2D eigenvalue weighted by Crippen LogP contribution is -2.49. The molecule has 0 unspecified atom stereocenters. The number of pyridine rings is 1. The largest absolute Gasteiger partial charge is 0.382 e. The van der Waals surface area contributed by atoms with Gasteiger partial charge in [0.05, 0.1) is 5.69 Å². The molecule has 4 heterocycles. The van der Waals surface area contributed by atoms with E-state index < -0.39 is 8.96 Å². The first kappa shape index (κ1) is 21.7. The van der Waals surface area contributed by atoms with Crippen molar-refractivity contribution in [1.82, 2.24) is 23.9 Å². The van der Waals surface area contributed by atoms with Crippen molar-refractivity contribution in [1.29, 1.82) is 0 Å². The highest BCUT2D eigenvalue weighted by Crippen LogP contribution is 2.30. The van der Waals surface area contributed by atoms with E-state index in [1.165, 1.54) is 0 Å². The van der Waals surface area contributed by atoms with Gasteiger partial charge < -0.3 is 20.0 Å². The van der Waals surface area contributed by atoms with Crippen molar-refractivity contribution in [2.45, 2.75) is 26.3 Å². The van der Waals surface area contributed by atoms with Crippen molar-refractivity contribution in [3.63, 3.8) is 0 Å². The molecule has 1 aliphatic rings. The van der Waals surface area contributed by atoms with Gasteiger partial charge >= 0.3 is 0 Å². The number of anilines is 3. The first-order valence-electron chi connectivity index (χ1n) is 11.2. The van der Waals surface area contributed by atoms with Gasteiger partial charge in [0.15, 0.2) is 0 Å². The van der Waals surface area contributed by atoms with Gasteiger partial charge in [0, 0.05) is 36.4 Å². The van der Waals surface area contributed by atoms with E-state index in [0.717, 1.165) is 58.3 Å². The maximum Gasteiger partial charge on any atom is 0.290 e. The molecule has 1 aromatic carbocycles.